The fourth-order valence-corrected chi connectivity index (χ4v) is 1.28. The van der Waals surface area contributed by atoms with Crippen LogP contribution in [0.5, 0.6) is 0 Å². The lowest BCUT2D eigenvalue weighted by atomic mass is 10.2. The number of hydrogen-bond donors (Lipinski definition) is 2. The number of ether oxygens (including phenoxy) is 2. The first-order valence-electron chi connectivity index (χ1n) is 6.92. The van der Waals surface area contributed by atoms with Crippen LogP contribution in [-0.2, 0) is 14.3 Å². The van der Waals surface area contributed by atoms with E-state index in [-0.39, 0.29) is 6.67 Å². The average molecular weight is 318 g/mol. The molecule has 0 heterocycles. The van der Waals surface area contributed by atoms with Crippen LogP contribution in [0.25, 0.3) is 0 Å². The zero-order valence-corrected chi connectivity index (χ0v) is 14.2. The summed E-state index contributed by atoms with van der Waals surface area (Å²) in [6, 6.07) is -1.16. The number of carboxylic acid groups (broad SMARTS) is 1. The maximum Gasteiger partial charge on any atom is 0.412 e. The van der Waals surface area contributed by atoms with E-state index in [1.165, 1.54) is 6.92 Å². The number of nitrogens with one attached hydrogen (secondary N) is 1. The first-order valence-corrected chi connectivity index (χ1v) is 6.92. The Bertz CT molecular complexity index is 422. The molecule has 22 heavy (non-hydrogen) atoms. The zero-order valence-electron chi connectivity index (χ0n) is 14.2. The van der Waals surface area contributed by atoms with Crippen molar-refractivity contribution in [2.24, 2.45) is 0 Å². The Morgan fingerprint density at radius 2 is 1.50 bits per heavy atom. The number of aliphatic carboxylic acids is 1. The summed E-state index contributed by atoms with van der Waals surface area (Å²) >= 11 is 0. The predicted molar refractivity (Wildman–Crippen MR) is 79.4 cm³/mol. The molecule has 0 fully saturated rings. The lowest BCUT2D eigenvalue weighted by molar-refractivity contribution is -0.142. The summed E-state index contributed by atoms with van der Waals surface area (Å²) in [5, 5.41) is 11.4. The van der Waals surface area contributed by atoms with E-state index < -0.39 is 35.4 Å². The molecule has 0 bridgehead atoms. The van der Waals surface area contributed by atoms with Gasteiger partial charge in [-0.3, -0.25) is 4.90 Å². The molecular weight excluding hydrogens is 292 g/mol. The van der Waals surface area contributed by atoms with E-state index in [9.17, 15) is 14.4 Å². The van der Waals surface area contributed by atoms with Crippen LogP contribution in [0, 0.1) is 0 Å². The highest BCUT2D eigenvalue weighted by atomic mass is 16.6. The maximum atomic E-state index is 12.1. The standard InChI is InChI=1S/C14H26N2O6/c1-9(10(17)18)16(12(20)22-14(5,6)7)8-15-11(19)21-13(2,3)4/h9H,8H2,1-7H3,(H,15,19)(H,17,18). The van der Waals surface area contributed by atoms with Gasteiger partial charge >= 0.3 is 18.2 Å². The Labute approximate surface area is 130 Å². The highest BCUT2D eigenvalue weighted by Crippen LogP contribution is 2.12. The van der Waals surface area contributed by atoms with Gasteiger partial charge in [-0.1, -0.05) is 0 Å². The van der Waals surface area contributed by atoms with Crippen molar-refractivity contribution in [3.05, 3.63) is 0 Å². The molecule has 0 aliphatic heterocycles. The second-order valence-electron chi connectivity index (χ2n) is 6.80. The fourth-order valence-electron chi connectivity index (χ4n) is 1.28. The number of hydrogen-bond acceptors (Lipinski definition) is 5. The van der Waals surface area contributed by atoms with E-state index >= 15 is 0 Å². The van der Waals surface area contributed by atoms with Gasteiger partial charge in [-0.05, 0) is 48.5 Å². The van der Waals surface area contributed by atoms with Crippen LogP contribution < -0.4 is 5.32 Å². The molecule has 2 N–H and O–H groups in total. The van der Waals surface area contributed by atoms with Gasteiger partial charge in [0.15, 0.2) is 0 Å². The Hall–Kier alpha value is -1.99. The molecule has 0 saturated carbocycles. The third-order valence-electron chi connectivity index (χ3n) is 2.25. The molecule has 0 aromatic heterocycles. The van der Waals surface area contributed by atoms with Crippen LogP contribution in [0.2, 0.25) is 0 Å². The number of carboxylic acids is 1. The van der Waals surface area contributed by atoms with Gasteiger partial charge in [-0.2, -0.15) is 0 Å². The molecule has 0 aliphatic carbocycles. The summed E-state index contributed by atoms with van der Waals surface area (Å²) in [5.41, 5.74) is -1.47. The SMILES string of the molecule is CC(C(=O)O)N(CNC(=O)OC(C)(C)C)C(=O)OC(C)(C)C. The lowest BCUT2D eigenvalue weighted by Crippen LogP contribution is -2.51. The number of nitrogens with zero attached hydrogens (tertiary/aromatic N) is 1. The van der Waals surface area contributed by atoms with Crippen molar-refractivity contribution in [3.63, 3.8) is 0 Å². The van der Waals surface area contributed by atoms with Crippen molar-refractivity contribution in [2.75, 3.05) is 6.67 Å². The number of alkyl carbamates (subject to hydrolysis) is 1. The van der Waals surface area contributed by atoms with Crippen LogP contribution in [0.3, 0.4) is 0 Å². The third kappa shape index (κ3) is 8.33. The van der Waals surface area contributed by atoms with E-state index in [4.69, 9.17) is 14.6 Å². The van der Waals surface area contributed by atoms with Gasteiger partial charge in [0.25, 0.3) is 0 Å². The van der Waals surface area contributed by atoms with Crippen molar-refractivity contribution in [1.82, 2.24) is 10.2 Å². The van der Waals surface area contributed by atoms with Crippen molar-refractivity contribution >= 4 is 18.2 Å². The zero-order chi connectivity index (χ0) is 17.7. The Balaban J connectivity index is 4.86. The van der Waals surface area contributed by atoms with E-state index in [1.807, 2.05) is 0 Å². The van der Waals surface area contributed by atoms with Crippen molar-refractivity contribution in [2.45, 2.75) is 65.7 Å². The number of amides is 2. The Kier molecular flexibility index (Phi) is 6.66. The largest absolute Gasteiger partial charge is 0.480 e. The van der Waals surface area contributed by atoms with Gasteiger partial charge in [0.1, 0.15) is 23.9 Å². The molecule has 0 radical (unpaired) electrons. The second-order valence-corrected chi connectivity index (χ2v) is 6.80. The number of rotatable bonds is 4. The van der Waals surface area contributed by atoms with Gasteiger partial charge in [0, 0.05) is 0 Å². The first-order chi connectivity index (χ1) is 9.73. The van der Waals surface area contributed by atoms with E-state index in [2.05, 4.69) is 5.32 Å². The molecule has 0 aromatic carbocycles. The van der Waals surface area contributed by atoms with E-state index in [0.717, 1.165) is 4.90 Å². The number of carbonyl (C=O) groups excluding carboxylic acids is 2. The summed E-state index contributed by atoms with van der Waals surface area (Å²) in [5.74, 6) is -1.21. The second kappa shape index (κ2) is 7.33. The molecule has 0 aliphatic rings. The monoisotopic (exact) mass is 318 g/mol. The molecule has 8 heteroatoms. The molecule has 0 spiro atoms. The average Bonchev–Trinajstić information content (AvgIpc) is 2.23. The maximum absolute atomic E-state index is 12.1. The van der Waals surface area contributed by atoms with Gasteiger partial charge in [0.05, 0.1) is 0 Å². The quantitative estimate of drug-likeness (QED) is 0.770. The van der Waals surface area contributed by atoms with E-state index in [0.29, 0.717) is 0 Å². The molecular formula is C14H26N2O6. The highest BCUT2D eigenvalue weighted by molar-refractivity contribution is 5.80. The molecule has 0 aromatic rings. The van der Waals surface area contributed by atoms with Crippen LogP contribution in [0.4, 0.5) is 9.59 Å². The minimum Gasteiger partial charge on any atom is -0.480 e. The van der Waals surface area contributed by atoms with Crippen molar-refractivity contribution in [3.8, 4) is 0 Å². The lowest BCUT2D eigenvalue weighted by Gasteiger charge is -2.30. The van der Waals surface area contributed by atoms with Crippen molar-refractivity contribution < 1.29 is 29.0 Å². The molecule has 0 rings (SSSR count). The fraction of sp³-hybridized carbons (Fsp3) is 0.786. The summed E-state index contributed by atoms with van der Waals surface area (Å²) in [6.07, 6.45) is -1.59. The molecule has 0 saturated heterocycles. The normalized spacial score (nSPS) is 13.0. The highest BCUT2D eigenvalue weighted by Gasteiger charge is 2.30. The molecule has 8 nitrogen and oxygen atoms in total. The third-order valence-corrected chi connectivity index (χ3v) is 2.25. The van der Waals surface area contributed by atoms with Gasteiger partial charge in [-0.25, -0.2) is 14.4 Å². The predicted octanol–water partition coefficient (Wildman–Crippen LogP) is 2.18. The summed E-state index contributed by atoms with van der Waals surface area (Å²) in [4.78, 5) is 35.6. The Morgan fingerprint density at radius 3 is 1.86 bits per heavy atom. The van der Waals surface area contributed by atoms with Crippen LogP contribution in [0.1, 0.15) is 48.5 Å². The molecule has 1 unspecified atom stereocenters. The summed E-state index contributed by atoms with van der Waals surface area (Å²) in [6.45, 7) is 11.1. The summed E-state index contributed by atoms with van der Waals surface area (Å²) < 4.78 is 10.2. The minimum absolute atomic E-state index is 0.336. The van der Waals surface area contributed by atoms with Gasteiger partial charge in [-0.15, -0.1) is 0 Å². The topological polar surface area (TPSA) is 105 Å². The number of carbonyl (C=O) groups is 3. The molecule has 1 atom stereocenters. The molecule has 128 valence electrons. The minimum atomic E-state index is -1.21. The first kappa shape index (κ1) is 20.0. The van der Waals surface area contributed by atoms with Crippen LogP contribution in [0.15, 0.2) is 0 Å². The Morgan fingerprint density at radius 1 is 1.05 bits per heavy atom. The molecule has 2 amide bonds. The van der Waals surface area contributed by atoms with Crippen LogP contribution >= 0.6 is 0 Å². The summed E-state index contributed by atoms with van der Waals surface area (Å²) in [7, 11) is 0. The van der Waals surface area contributed by atoms with Gasteiger partial charge < -0.3 is 19.9 Å². The van der Waals surface area contributed by atoms with E-state index in [1.54, 1.807) is 41.5 Å². The van der Waals surface area contributed by atoms with Crippen LogP contribution in [-0.4, -0.2) is 52.1 Å². The van der Waals surface area contributed by atoms with Crippen molar-refractivity contribution in [1.29, 1.82) is 0 Å². The smallest absolute Gasteiger partial charge is 0.412 e. The van der Waals surface area contributed by atoms with Gasteiger partial charge in [0.2, 0.25) is 0 Å².